The first-order chi connectivity index (χ1) is 7.16. The predicted molar refractivity (Wildman–Crippen MR) is 55.5 cm³/mol. The van der Waals surface area contributed by atoms with E-state index in [4.69, 9.17) is 5.11 Å². The highest BCUT2D eigenvalue weighted by molar-refractivity contribution is 5.83. The molecular weight excluding hydrogens is 196 g/mol. The van der Waals surface area contributed by atoms with Crippen LogP contribution in [0.5, 0.6) is 0 Å². The molecule has 86 valence electrons. The lowest BCUT2D eigenvalue weighted by Crippen LogP contribution is -2.48. The standard InChI is InChI=1S/C10H18N2O3/c1-11-6-5-9(13)12-7-3-2-4-8(12)10(14)15/h8,11H,2-7H2,1H3,(H,14,15)/t8-/m1/s1. The molecule has 1 heterocycles. The van der Waals surface area contributed by atoms with Gasteiger partial charge < -0.3 is 15.3 Å². The topological polar surface area (TPSA) is 69.6 Å². The van der Waals surface area contributed by atoms with Crippen LogP contribution in [0, 0.1) is 0 Å². The molecule has 1 aliphatic rings. The van der Waals surface area contributed by atoms with Gasteiger partial charge in [-0.2, -0.15) is 0 Å². The molecule has 5 nitrogen and oxygen atoms in total. The molecule has 0 unspecified atom stereocenters. The van der Waals surface area contributed by atoms with Gasteiger partial charge in [-0.05, 0) is 26.3 Å². The van der Waals surface area contributed by atoms with E-state index in [1.165, 1.54) is 4.90 Å². The molecule has 1 amide bonds. The van der Waals surface area contributed by atoms with Crippen molar-refractivity contribution in [2.24, 2.45) is 0 Å². The lowest BCUT2D eigenvalue weighted by Gasteiger charge is -2.33. The summed E-state index contributed by atoms with van der Waals surface area (Å²) >= 11 is 0. The van der Waals surface area contributed by atoms with Gasteiger partial charge in [-0.3, -0.25) is 4.79 Å². The average Bonchev–Trinajstić information content (AvgIpc) is 2.25. The number of rotatable bonds is 4. The first-order valence-corrected chi connectivity index (χ1v) is 5.33. The molecule has 2 N–H and O–H groups in total. The summed E-state index contributed by atoms with van der Waals surface area (Å²) in [4.78, 5) is 24.1. The molecule has 1 rings (SSSR count). The SMILES string of the molecule is CNCCC(=O)N1CCCC[C@@H]1C(=O)O. The van der Waals surface area contributed by atoms with E-state index in [9.17, 15) is 9.59 Å². The second-order valence-electron chi connectivity index (χ2n) is 3.79. The van der Waals surface area contributed by atoms with Crippen LogP contribution in [0.3, 0.4) is 0 Å². The average molecular weight is 214 g/mol. The van der Waals surface area contributed by atoms with Crippen molar-refractivity contribution in [3.63, 3.8) is 0 Å². The maximum absolute atomic E-state index is 11.7. The van der Waals surface area contributed by atoms with Gasteiger partial charge in [-0.1, -0.05) is 0 Å². The van der Waals surface area contributed by atoms with Gasteiger partial charge in [0.05, 0.1) is 0 Å². The van der Waals surface area contributed by atoms with Crippen molar-refractivity contribution in [3.8, 4) is 0 Å². The minimum Gasteiger partial charge on any atom is -0.480 e. The Hall–Kier alpha value is -1.10. The number of piperidine rings is 1. The molecule has 0 radical (unpaired) electrons. The van der Waals surface area contributed by atoms with Crippen molar-refractivity contribution in [3.05, 3.63) is 0 Å². The molecule has 0 bridgehead atoms. The van der Waals surface area contributed by atoms with Gasteiger partial charge in [0.1, 0.15) is 6.04 Å². The van der Waals surface area contributed by atoms with Gasteiger partial charge in [0.2, 0.25) is 5.91 Å². The van der Waals surface area contributed by atoms with Crippen LogP contribution in [-0.2, 0) is 9.59 Å². The molecular formula is C10H18N2O3. The van der Waals surface area contributed by atoms with Crippen molar-refractivity contribution >= 4 is 11.9 Å². The van der Waals surface area contributed by atoms with Crippen LogP contribution in [0.1, 0.15) is 25.7 Å². The van der Waals surface area contributed by atoms with E-state index in [-0.39, 0.29) is 5.91 Å². The third kappa shape index (κ3) is 3.20. The number of nitrogens with zero attached hydrogens (tertiary/aromatic N) is 1. The van der Waals surface area contributed by atoms with E-state index in [2.05, 4.69) is 5.32 Å². The summed E-state index contributed by atoms with van der Waals surface area (Å²) in [5, 5.41) is 11.9. The van der Waals surface area contributed by atoms with Crippen molar-refractivity contribution in [2.75, 3.05) is 20.1 Å². The number of carbonyl (C=O) groups excluding carboxylic acids is 1. The number of aliphatic carboxylic acids is 1. The molecule has 1 saturated heterocycles. The van der Waals surface area contributed by atoms with Crippen LogP contribution >= 0.6 is 0 Å². The van der Waals surface area contributed by atoms with E-state index in [1.807, 2.05) is 0 Å². The van der Waals surface area contributed by atoms with Crippen LogP contribution in [0.15, 0.2) is 0 Å². The Kier molecular flexibility index (Phi) is 4.55. The number of carbonyl (C=O) groups is 2. The Morgan fingerprint density at radius 2 is 2.20 bits per heavy atom. The number of hydrogen-bond acceptors (Lipinski definition) is 3. The number of nitrogens with one attached hydrogen (secondary N) is 1. The fourth-order valence-corrected chi connectivity index (χ4v) is 1.86. The van der Waals surface area contributed by atoms with Gasteiger partial charge in [0.25, 0.3) is 0 Å². The van der Waals surface area contributed by atoms with Gasteiger partial charge in [0, 0.05) is 19.5 Å². The molecule has 0 aromatic heterocycles. The Morgan fingerprint density at radius 1 is 1.47 bits per heavy atom. The maximum Gasteiger partial charge on any atom is 0.326 e. The minimum absolute atomic E-state index is 0.0588. The molecule has 1 fully saturated rings. The zero-order valence-electron chi connectivity index (χ0n) is 9.03. The van der Waals surface area contributed by atoms with Crippen molar-refractivity contribution < 1.29 is 14.7 Å². The van der Waals surface area contributed by atoms with Gasteiger partial charge >= 0.3 is 5.97 Å². The molecule has 5 heteroatoms. The summed E-state index contributed by atoms with van der Waals surface area (Å²) in [6.45, 7) is 1.18. The van der Waals surface area contributed by atoms with Crippen molar-refractivity contribution in [1.82, 2.24) is 10.2 Å². The van der Waals surface area contributed by atoms with E-state index in [0.717, 1.165) is 12.8 Å². The van der Waals surface area contributed by atoms with Crippen LogP contribution in [0.25, 0.3) is 0 Å². The highest BCUT2D eigenvalue weighted by Gasteiger charge is 2.31. The predicted octanol–water partition coefficient (Wildman–Crippen LogP) is 0.0616. The van der Waals surface area contributed by atoms with E-state index in [0.29, 0.717) is 25.9 Å². The smallest absolute Gasteiger partial charge is 0.326 e. The Morgan fingerprint density at radius 3 is 2.80 bits per heavy atom. The van der Waals surface area contributed by atoms with E-state index < -0.39 is 12.0 Å². The summed E-state index contributed by atoms with van der Waals surface area (Å²) in [5.41, 5.74) is 0. The summed E-state index contributed by atoms with van der Waals surface area (Å²) in [7, 11) is 1.78. The summed E-state index contributed by atoms with van der Waals surface area (Å²) in [6, 6.07) is -0.608. The lowest BCUT2D eigenvalue weighted by molar-refractivity contribution is -0.152. The number of likely N-dealkylation sites (tertiary alicyclic amines) is 1. The number of carboxylic acid groups (broad SMARTS) is 1. The van der Waals surface area contributed by atoms with E-state index in [1.54, 1.807) is 7.05 Å². The first-order valence-electron chi connectivity index (χ1n) is 5.33. The zero-order chi connectivity index (χ0) is 11.3. The first kappa shape index (κ1) is 12.0. The zero-order valence-corrected chi connectivity index (χ0v) is 9.03. The van der Waals surface area contributed by atoms with Crippen molar-refractivity contribution in [1.29, 1.82) is 0 Å². The molecule has 0 aliphatic carbocycles. The van der Waals surface area contributed by atoms with Crippen LogP contribution < -0.4 is 5.32 Å². The quantitative estimate of drug-likeness (QED) is 0.694. The van der Waals surface area contributed by atoms with Gasteiger partial charge in [0.15, 0.2) is 0 Å². The van der Waals surface area contributed by atoms with Gasteiger partial charge in [-0.25, -0.2) is 4.79 Å². The number of carboxylic acids is 1. The molecule has 15 heavy (non-hydrogen) atoms. The molecule has 0 spiro atoms. The fraction of sp³-hybridized carbons (Fsp3) is 0.800. The second kappa shape index (κ2) is 5.70. The summed E-state index contributed by atoms with van der Waals surface area (Å²) in [5.74, 6) is -0.941. The van der Waals surface area contributed by atoms with Crippen LogP contribution in [0.4, 0.5) is 0 Å². The highest BCUT2D eigenvalue weighted by Crippen LogP contribution is 2.17. The largest absolute Gasteiger partial charge is 0.480 e. The highest BCUT2D eigenvalue weighted by atomic mass is 16.4. The maximum atomic E-state index is 11.7. The fourth-order valence-electron chi connectivity index (χ4n) is 1.86. The number of amides is 1. The van der Waals surface area contributed by atoms with Crippen molar-refractivity contribution in [2.45, 2.75) is 31.7 Å². The third-order valence-corrected chi connectivity index (χ3v) is 2.70. The Bertz CT molecular complexity index is 243. The normalized spacial score (nSPS) is 21.4. The Balaban J connectivity index is 2.55. The molecule has 0 aromatic carbocycles. The molecule has 0 saturated carbocycles. The minimum atomic E-state index is -0.882. The molecule has 1 aliphatic heterocycles. The van der Waals surface area contributed by atoms with E-state index >= 15 is 0 Å². The summed E-state index contributed by atoms with van der Waals surface area (Å²) < 4.78 is 0. The lowest BCUT2D eigenvalue weighted by atomic mass is 10.0. The summed E-state index contributed by atoms with van der Waals surface area (Å²) in [6.07, 6.45) is 2.77. The van der Waals surface area contributed by atoms with Crippen LogP contribution in [0.2, 0.25) is 0 Å². The molecule has 1 atom stereocenters. The number of hydrogen-bond donors (Lipinski definition) is 2. The Labute approximate surface area is 89.4 Å². The molecule has 0 aromatic rings. The van der Waals surface area contributed by atoms with Crippen LogP contribution in [-0.4, -0.2) is 48.1 Å². The third-order valence-electron chi connectivity index (χ3n) is 2.70. The van der Waals surface area contributed by atoms with Gasteiger partial charge in [-0.15, -0.1) is 0 Å². The second-order valence-corrected chi connectivity index (χ2v) is 3.79. The monoisotopic (exact) mass is 214 g/mol.